The molecule has 0 aromatic carbocycles. The van der Waals surface area contributed by atoms with Gasteiger partial charge in [-0.15, -0.1) is 0 Å². The molecule has 1 amide bonds. The zero-order valence-corrected chi connectivity index (χ0v) is 11.9. The molecular formula is C14H27N3O. The van der Waals surface area contributed by atoms with Crippen molar-refractivity contribution in [1.29, 1.82) is 0 Å². The summed E-state index contributed by atoms with van der Waals surface area (Å²) in [7, 11) is 2.21. The second-order valence-corrected chi connectivity index (χ2v) is 5.70. The number of rotatable bonds is 3. The fourth-order valence-electron chi connectivity index (χ4n) is 3.07. The quantitative estimate of drug-likeness (QED) is 0.751. The van der Waals surface area contributed by atoms with E-state index >= 15 is 0 Å². The van der Waals surface area contributed by atoms with Crippen LogP contribution in [-0.2, 0) is 4.79 Å². The van der Waals surface area contributed by atoms with E-state index < -0.39 is 0 Å². The number of piperazine rings is 1. The maximum atomic E-state index is 11.8. The van der Waals surface area contributed by atoms with Crippen LogP contribution in [-0.4, -0.2) is 73.0 Å². The molecule has 2 heterocycles. The van der Waals surface area contributed by atoms with E-state index in [1.54, 1.807) is 0 Å². The van der Waals surface area contributed by atoms with Crippen LogP contribution in [0.3, 0.4) is 0 Å². The van der Waals surface area contributed by atoms with Crippen molar-refractivity contribution < 1.29 is 4.79 Å². The van der Waals surface area contributed by atoms with Gasteiger partial charge in [-0.1, -0.05) is 6.92 Å². The molecule has 0 saturated carbocycles. The molecule has 0 radical (unpaired) electrons. The van der Waals surface area contributed by atoms with Crippen LogP contribution in [0.1, 0.15) is 32.6 Å². The highest BCUT2D eigenvalue weighted by Crippen LogP contribution is 2.17. The van der Waals surface area contributed by atoms with Gasteiger partial charge in [0.15, 0.2) is 0 Å². The average Bonchev–Trinajstić information content (AvgIpc) is 2.40. The number of hydrogen-bond acceptors (Lipinski definition) is 3. The molecule has 0 N–H and O–H groups in total. The Morgan fingerprint density at radius 2 is 1.67 bits per heavy atom. The van der Waals surface area contributed by atoms with Crippen molar-refractivity contribution in [2.24, 2.45) is 0 Å². The van der Waals surface area contributed by atoms with Crippen molar-refractivity contribution >= 4 is 5.91 Å². The molecule has 0 unspecified atom stereocenters. The number of carbonyl (C=O) groups excluding carboxylic acids is 1. The molecule has 2 fully saturated rings. The third-order valence-corrected chi connectivity index (χ3v) is 4.34. The first kappa shape index (κ1) is 13.8. The molecule has 4 nitrogen and oxygen atoms in total. The van der Waals surface area contributed by atoms with Crippen molar-refractivity contribution in [1.82, 2.24) is 14.7 Å². The summed E-state index contributed by atoms with van der Waals surface area (Å²) >= 11 is 0. The molecule has 0 spiro atoms. The molecule has 104 valence electrons. The number of amides is 1. The highest BCUT2D eigenvalue weighted by Gasteiger charge is 2.27. The second kappa shape index (κ2) is 6.53. The Kier molecular flexibility index (Phi) is 5.01. The minimum Gasteiger partial charge on any atom is -0.340 e. The Hall–Kier alpha value is -0.610. The minimum absolute atomic E-state index is 0.348. The molecule has 2 rings (SSSR count). The van der Waals surface area contributed by atoms with Crippen LogP contribution in [0.15, 0.2) is 0 Å². The summed E-state index contributed by atoms with van der Waals surface area (Å²) in [5.74, 6) is 0.348. The van der Waals surface area contributed by atoms with Gasteiger partial charge in [0.2, 0.25) is 5.91 Å². The Bertz CT molecular complexity index is 266. The fraction of sp³-hybridized carbons (Fsp3) is 0.929. The number of nitrogens with zero attached hydrogens (tertiary/aromatic N) is 3. The van der Waals surface area contributed by atoms with E-state index in [4.69, 9.17) is 0 Å². The van der Waals surface area contributed by atoms with Crippen molar-refractivity contribution in [2.45, 2.75) is 38.6 Å². The van der Waals surface area contributed by atoms with Gasteiger partial charge in [0.25, 0.3) is 0 Å². The summed E-state index contributed by atoms with van der Waals surface area (Å²) < 4.78 is 0. The number of carbonyl (C=O) groups is 1. The second-order valence-electron chi connectivity index (χ2n) is 5.70. The van der Waals surface area contributed by atoms with Gasteiger partial charge >= 0.3 is 0 Å². The topological polar surface area (TPSA) is 26.8 Å². The van der Waals surface area contributed by atoms with Crippen LogP contribution in [0, 0.1) is 0 Å². The van der Waals surface area contributed by atoms with Crippen molar-refractivity contribution in [3.63, 3.8) is 0 Å². The predicted molar refractivity (Wildman–Crippen MR) is 73.6 cm³/mol. The third kappa shape index (κ3) is 3.45. The van der Waals surface area contributed by atoms with E-state index in [9.17, 15) is 4.79 Å². The summed E-state index contributed by atoms with van der Waals surface area (Å²) in [4.78, 5) is 18.9. The maximum Gasteiger partial charge on any atom is 0.222 e. The first-order valence-corrected chi connectivity index (χ1v) is 7.41. The highest BCUT2D eigenvalue weighted by molar-refractivity contribution is 5.76. The molecule has 18 heavy (non-hydrogen) atoms. The lowest BCUT2D eigenvalue weighted by Gasteiger charge is -2.42. The van der Waals surface area contributed by atoms with Gasteiger partial charge in [-0.25, -0.2) is 0 Å². The van der Waals surface area contributed by atoms with Crippen LogP contribution in [0.2, 0.25) is 0 Å². The van der Waals surface area contributed by atoms with Crippen LogP contribution >= 0.6 is 0 Å². The monoisotopic (exact) mass is 253 g/mol. The number of piperidine rings is 1. The normalized spacial score (nSPS) is 24.4. The van der Waals surface area contributed by atoms with Crippen molar-refractivity contribution in [2.75, 3.05) is 46.3 Å². The molecule has 0 atom stereocenters. The zero-order valence-electron chi connectivity index (χ0n) is 11.9. The molecule has 2 aliphatic rings. The van der Waals surface area contributed by atoms with Gasteiger partial charge in [-0.3, -0.25) is 9.69 Å². The summed E-state index contributed by atoms with van der Waals surface area (Å²) in [6.07, 6.45) is 4.26. The largest absolute Gasteiger partial charge is 0.340 e. The van der Waals surface area contributed by atoms with Gasteiger partial charge in [-0.05, 0) is 39.4 Å². The Balaban J connectivity index is 1.74. The van der Waals surface area contributed by atoms with Crippen molar-refractivity contribution in [3.05, 3.63) is 0 Å². The van der Waals surface area contributed by atoms with Gasteiger partial charge in [0.05, 0.1) is 0 Å². The van der Waals surface area contributed by atoms with Crippen LogP contribution in [0.5, 0.6) is 0 Å². The number of hydrogen-bond donors (Lipinski definition) is 0. The predicted octanol–water partition coefficient (Wildman–Crippen LogP) is 1.02. The van der Waals surface area contributed by atoms with Gasteiger partial charge in [0, 0.05) is 38.6 Å². The molecular weight excluding hydrogens is 226 g/mol. The third-order valence-electron chi connectivity index (χ3n) is 4.34. The maximum absolute atomic E-state index is 11.8. The van der Waals surface area contributed by atoms with Gasteiger partial charge in [0.1, 0.15) is 0 Å². The lowest BCUT2D eigenvalue weighted by Crippen LogP contribution is -2.54. The van der Waals surface area contributed by atoms with E-state index in [0.29, 0.717) is 12.3 Å². The van der Waals surface area contributed by atoms with Gasteiger partial charge < -0.3 is 9.80 Å². The fourth-order valence-corrected chi connectivity index (χ4v) is 3.07. The zero-order chi connectivity index (χ0) is 13.0. The SMILES string of the molecule is CCCC(=O)N1CCN(C2CCN(C)CC2)CC1. The van der Waals surface area contributed by atoms with E-state index in [-0.39, 0.29) is 0 Å². The lowest BCUT2D eigenvalue weighted by atomic mass is 10.0. The van der Waals surface area contributed by atoms with Crippen LogP contribution < -0.4 is 0 Å². The first-order valence-electron chi connectivity index (χ1n) is 7.41. The standard InChI is InChI=1S/C14H27N3O/c1-3-4-14(18)17-11-9-16(10-12-17)13-5-7-15(2)8-6-13/h13H,3-12H2,1-2H3. The average molecular weight is 253 g/mol. The van der Waals surface area contributed by atoms with E-state index in [1.165, 1.54) is 25.9 Å². The molecule has 0 bridgehead atoms. The Labute approximate surface area is 111 Å². The first-order chi connectivity index (χ1) is 8.70. The van der Waals surface area contributed by atoms with E-state index in [2.05, 4.69) is 28.7 Å². The van der Waals surface area contributed by atoms with Crippen LogP contribution in [0.25, 0.3) is 0 Å². The van der Waals surface area contributed by atoms with E-state index in [1.807, 2.05) is 0 Å². The Morgan fingerprint density at radius 3 is 2.22 bits per heavy atom. The number of likely N-dealkylation sites (tertiary alicyclic amines) is 1. The summed E-state index contributed by atoms with van der Waals surface area (Å²) in [5.41, 5.74) is 0. The smallest absolute Gasteiger partial charge is 0.222 e. The molecule has 2 saturated heterocycles. The van der Waals surface area contributed by atoms with Gasteiger partial charge in [-0.2, -0.15) is 0 Å². The Morgan fingerprint density at radius 1 is 1.06 bits per heavy atom. The molecule has 0 aromatic rings. The molecule has 4 heteroatoms. The minimum atomic E-state index is 0.348. The summed E-state index contributed by atoms with van der Waals surface area (Å²) in [6.45, 7) is 8.54. The molecule has 0 aromatic heterocycles. The molecule has 2 aliphatic heterocycles. The highest BCUT2D eigenvalue weighted by atomic mass is 16.2. The van der Waals surface area contributed by atoms with Crippen LogP contribution in [0.4, 0.5) is 0 Å². The lowest BCUT2D eigenvalue weighted by molar-refractivity contribution is -0.133. The summed E-state index contributed by atoms with van der Waals surface area (Å²) in [5, 5.41) is 0. The molecule has 0 aliphatic carbocycles. The van der Waals surface area contributed by atoms with Crippen molar-refractivity contribution in [3.8, 4) is 0 Å². The van der Waals surface area contributed by atoms with E-state index in [0.717, 1.165) is 38.6 Å². The summed E-state index contributed by atoms with van der Waals surface area (Å²) in [6, 6.07) is 0.754.